The zero-order chi connectivity index (χ0) is 22.2. The molecule has 1 heterocycles. The third kappa shape index (κ3) is 6.21. The summed E-state index contributed by atoms with van der Waals surface area (Å²) in [6, 6.07) is 15.9. The molecule has 2 aromatic carbocycles. The summed E-state index contributed by atoms with van der Waals surface area (Å²) in [5, 5.41) is 12.2. The van der Waals surface area contributed by atoms with E-state index >= 15 is 0 Å². The van der Waals surface area contributed by atoms with Crippen LogP contribution in [0.3, 0.4) is 0 Å². The molecule has 1 N–H and O–H groups in total. The normalized spacial score (nSPS) is 11.7. The van der Waals surface area contributed by atoms with Crippen LogP contribution >= 0.6 is 11.8 Å². The van der Waals surface area contributed by atoms with Crippen molar-refractivity contribution in [1.82, 2.24) is 20.1 Å². The molecule has 0 aliphatic rings. The molecule has 1 unspecified atom stereocenters. The van der Waals surface area contributed by atoms with Crippen molar-refractivity contribution in [3.8, 4) is 5.75 Å². The van der Waals surface area contributed by atoms with Crippen LogP contribution in [0.2, 0.25) is 0 Å². The van der Waals surface area contributed by atoms with Crippen LogP contribution in [-0.4, -0.2) is 26.4 Å². The van der Waals surface area contributed by atoms with E-state index in [1.165, 1.54) is 17.3 Å². The predicted octanol–water partition coefficient (Wildman–Crippen LogP) is 4.63. The van der Waals surface area contributed by atoms with Gasteiger partial charge >= 0.3 is 0 Å². The van der Waals surface area contributed by atoms with Crippen molar-refractivity contribution < 1.29 is 9.53 Å². The van der Waals surface area contributed by atoms with Crippen molar-refractivity contribution in [2.45, 2.75) is 45.1 Å². The Balaban J connectivity index is 1.63. The van der Waals surface area contributed by atoms with E-state index in [0.29, 0.717) is 24.1 Å². The number of rotatable bonds is 10. The average molecular weight is 437 g/mol. The van der Waals surface area contributed by atoms with Gasteiger partial charge in [0.05, 0.1) is 5.75 Å². The monoisotopic (exact) mass is 436 g/mol. The zero-order valence-electron chi connectivity index (χ0n) is 18.2. The fourth-order valence-electron chi connectivity index (χ4n) is 3.16. The van der Waals surface area contributed by atoms with Gasteiger partial charge in [0.1, 0.15) is 5.75 Å². The van der Waals surface area contributed by atoms with Crippen molar-refractivity contribution in [2.75, 3.05) is 5.75 Å². The summed E-state index contributed by atoms with van der Waals surface area (Å²) in [5.74, 6) is 1.73. The first-order valence-electron chi connectivity index (χ1n) is 10.2. The van der Waals surface area contributed by atoms with Crippen LogP contribution in [0.1, 0.15) is 35.5 Å². The number of amides is 1. The minimum Gasteiger partial charge on any atom is -0.482 e. The molecule has 0 spiro atoms. The largest absolute Gasteiger partial charge is 0.482 e. The molecule has 0 aliphatic heterocycles. The molecule has 0 bridgehead atoms. The Morgan fingerprint density at radius 2 is 2.00 bits per heavy atom. The molecule has 3 aromatic rings. The van der Waals surface area contributed by atoms with Gasteiger partial charge in [0, 0.05) is 13.1 Å². The molecular formula is C24H28N4O2S. The van der Waals surface area contributed by atoms with Crippen molar-refractivity contribution in [2.24, 2.45) is 0 Å². The second kappa shape index (κ2) is 10.8. The quantitative estimate of drug-likeness (QED) is 0.371. The number of carbonyl (C=O) groups excluding carboxylic acids is 1. The van der Waals surface area contributed by atoms with Gasteiger partial charge in [0.25, 0.3) is 0 Å². The van der Waals surface area contributed by atoms with E-state index in [2.05, 4.69) is 35.1 Å². The highest BCUT2D eigenvalue weighted by Crippen LogP contribution is 2.27. The van der Waals surface area contributed by atoms with Crippen molar-refractivity contribution in [3.05, 3.63) is 83.7 Å². The number of ether oxygens (including phenoxy) is 1. The van der Waals surface area contributed by atoms with Crippen LogP contribution in [0.5, 0.6) is 5.75 Å². The van der Waals surface area contributed by atoms with E-state index in [-0.39, 0.29) is 17.8 Å². The average Bonchev–Trinajstić information content (AvgIpc) is 3.16. The minimum atomic E-state index is -0.296. The van der Waals surface area contributed by atoms with Gasteiger partial charge in [0.2, 0.25) is 5.91 Å². The van der Waals surface area contributed by atoms with Gasteiger partial charge in [-0.2, -0.15) is 0 Å². The molecule has 0 aliphatic carbocycles. The summed E-state index contributed by atoms with van der Waals surface area (Å²) >= 11 is 1.35. The lowest BCUT2D eigenvalue weighted by molar-refractivity contribution is -0.118. The van der Waals surface area contributed by atoms with Gasteiger partial charge in [-0.3, -0.25) is 9.36 Å². The molecule has 1 amide bonds. The highest BCUT2D eigenvalue weighted by molar-refractivity contribution is 7.99. The molecule has 6 nitrogen and oxygen atoms in total. The molecule has 1 aromatic heterocycles. The van der Waals surface area contributed by atoms with Gasteiger partial charge in [-0.25, -0.2) is 0 Å². The van der Waals surface area contributed by atoms with Crippen LogP contribution in [0.4, 0.5) is 0 Å². The van der Waals surface area contributed by atoms with E-state index in [4.69, 9.17) is 4.74 Å². The van der Waals surface area contributed by atoms with E-state index < -0.39 is 0 Å². The second-order valence-electron chi connectivity index (χ2n) is 7.32. The topological polar surface area (TPSA) is 69.0 Å². The summed E-state index contributed by atoms with van der Waals surface area (Å²) in [4.78, 5) is 12.3. The summed E-state index contributed by atoms with van der Waals surface area (Å²) in [7, 11) is 0. The number of aromatic nitrogens is 3. The summed E-state index contributed by atoms with van der Waals surface area (Å²) in [6.07, 6.45) is 1.49. The van der Waals surface area contributed by atoms with Crippen LogP contribution in [-0.2, 0) is 17.9 Å². The first-order chi connectivity index (χ1) is 15.0. The molecular weight excluding hydrogens is 408 g/mol. The summed E-state index contributed by atoms with van der Waals surface area (Å²) in [5.41, 5.74) is 3.33. The van der Waals surface area contributed by atoms with Crippen LogP contribution in [0.25, 0.3) is 0 Å². The Labute approximate surface area is 187 Å². The van der Waals surface area contributed by atoms with Crippen molar-refractivity contribution in [3.63, 3.8) is 0 Å². The Morgan fingerprint density at radius 3 is 2.71 bits per heavy atom. The Bertz CT molecular complexity index is 1030. The number of nitrogens with zero attached hydrogens (tertiary/aromatic N) is 3. The maximum Gasteiger partial charge on any atom is 0.230 e. The fraction of sp³-hybridized carbons (Fsp3) is 0.292. The first-order valence-corrected chi connectivity index (χ1v) is 11.2. The Hall–Kier alpha value is -3.06. The molecule has 0 radical (unpaired) electrons. The molecule has 0 saturated carbocycles. The minimum absolute atomic E-state index is 0.0527. The Morgan fingerprint density at radius 1 is 1.23 bits per heavy atom. The molecule has 1 atom stereocenters. The number of nitrogens with one attached hydrogen (secondary N) is 1. The lowest BCUT2D eigenvalue weighted by Gasteiger charge is -2.17. The van der Waals surface area contributed by atoms with Gasteiger partial charge in [-0.05, 0) is 38.0 Å². The number of hydrogen-bond donors (Lipinski definition) is 1. The lowest BCUT2D eigenvalue weighted by atomic mass is 10.1. The highest BCUT2D eigenvalue weighted by atomic mass is 32.2. The molecule has 0 saturated heterocycles. The zero-order valence-corrected chi connectivity index (χ0v) is 19.0. The van der Waals surface area contributed by atoms with Crippen LogP contribution in [0.15, 0.2) is 66.3 Å². The third-order valence-electron chi connectivity index (χ3n) is 4.72. The number of aryl methyl sites for hydroxylation is 2. The molecule has 0 fully saturated rings. The maximum atomic E-state index is 12.3. The summed E-state index contributed by atoms with van der Waals surface area (Å²) in [6.45, 7) is 10.9. The van der Waals surface area contributed by atoms with E-state index in [0.717, 1.165) is 16.9 Å². The lowest BCUT2D eigenvalue weighted by Crippen LogP contribution is -2.24. The van der Waals surface area contributed by atoms with E-state index in [9.17, 15) is 4.79 Å². The SMILES string of the molecule is C=CCn1c(SCC(=O)NCc2ccccc2)nnc1C(C)Oc1ccc(C)cc1C. The molecule has 7 heteroatoms. The van der Waals surface area contributed by atoms with E-state index in [1.54, 1.807) is 6.08 Å². The predicted molar refractivity (Wildman–Crippen MR) is 124 cm³/mol. The number of hydrogen-bond acceptors (Lipinski definition) is 5. The van der Waals surface area contributed by atoms with Gasteiger partial charge < -0.3 is 10.1 Å². The van der Waals surface area contributed by atoms with Gasteiger partial charge in [0.15, 0.2) is 17.1 Å². The first kappa shape index (κ1) is 22.6. The van der Waals surface area contributed by atoms with Crippen LogP contribution in [0, 0.1) is 13.8 Å². The van der Waals surface area contributed by atoms with E-state index in [1.807, 2.05) is 60.9 Å². The van der Waals surface area contributed by atoms with Crippen molar-refractivity contribution in [1.29, 1.82) is 0 Å². The smallest absolute Gasteiger partial charge is 0.230 e. The Kier molecular flexibility index (Phi) is 7.89. The summed E-state index contributed by atoms with van der Waals surface area (Å²) < 4.78 is 8.09. The van der Waals surface area contributed by atoms with Crippen molar-refractivity contribution >= 4 is 17.7 Å². The highest BCUT2D eigenvalue weighted by Gasteiger charge is 2.20. The number of carbonyl (C=O) groups is 1. The van der Waals surface area contributed by atoms with Gasteiger partial charge in [-0.15, -0.1) is 16.8 Å². The molecule has 3 rings (SSSR count). The third-order valence-corrected chi connectivity index (χ3v) is 5.69. The number of benzene rings is 2. The second-order valence-corrected chi connectivity index (χ2v) is 8.26. The fourth-order valence-corrected chi connectivity index (χ4v) is 3.95. The standard InChI is InChI=1S/C24H28N4O2S/c1-5-13-28-23(19(4)30-21-12-11-17(2)14-18(21)3)26-27-24(28)31-16-22(29)25-15-20-9-7-6-8-10-20/h5-12,14,19H,1,13,15-16H2,2-4H3,(H,25,29). The number of allylic oxidation sites excluding steroid dienone is 1. The maximum absolute atomic E-state index is 12.3. The van der Waals surface area contributed by atoms with Gasteiger partial charge in [-0.1, -0.05) is 65.9 Å². The van der Waals surface area contributed by atoms with Crippen LogP contribution < -0.4 is 10.1 Å². The number of thioether (sulfide) groups is 1. The molecule has 31 heavy (non-hydrogen) atoms. The molecule has 162 valence electrons.